The average molecular weight is 325 g/mol. The summed E-state index contributed by atoms with van der Waals surface area (Å²) in [6.45, 7) is 0. The largest absolute Gasteiger partial charge is 0.331 e. The molecule has 0 saturated carbocycles. The molecule has 0 bridgehead atoms. The molecule has 7 heteroatoms. The second-order valence-electron chi connectivity index (χ2n) is 4.97. The Bertz CT molecular complexity index is 616. The standard InChI is InChI=1S/C14H13ClN2O3S/c15-10-4-2-1-3-9(10)11-12(18)16-14(20)17(13(11)19)8-5-6-21-7-8/h1-4,8,11H,5-7H2,(H,16,18,20). The molecule has 1 aromatic carbocycles. The first-order valence-electron chi connectivity index (χ1n) is 6.59. The van der Waals surface area contributed by atoms with Crippen molar-refractivity contribution in [2.24, 2.45) is 0 Å². The van der Waals surface area contributed by atoms with E-state index in [2.05, 4.69) is 5.32 Å². The van der Waals surface area contributed by atoms with Crippen LogP contribution in [-0.2, 0) is 9.59 Å². The number of benzene rings is 1. The summed E-state index contributed by atoms with van der Waals surface area (Å²) in [6, 6.07) is 5.94. The van der Waals surface area contributed by atoms with Crippen molar-refractivity contribution in [2.75, 3.05) is 11.5 Å². The van der Waals surface area contributed by atoms with Gasteiger partial charge in [0.15, 0.2) is 0 Å². The number of imide groups is 2. The summed E-state index contributed by atoms with van der Waals surface area (Å²) < 4.78 is 0. The van der Waals surface area contributed by atoms with Crippen LogP contribution < -0.4 is 5.32 Å². The number of carbonyl (C=O) groups is 3. The van der Waals surface area contributed by atoms with Gasteiger partial charge in [0, 0.05) is 10.8 Å². The Balaban J connectivity index is 1.96. The van der Waals surface area contributed by atoms with E-state index in [0.717, 1.165) is 12.2 Å². The number of carbonyl (C=O) groups excluding carboxylic acids is 3. The summed E-state index contributed by atoms with van der Waals surface area (Å²) in [4.78, 5) is 37.9. The van der Waals surface area contributed by atoms with Gasteiger partial charge < -0.3 is 0 Å². The molecule has 0 aromatic heterocycles. The van der Waals surface area contributed by atoms with Crippen molar-refractivity contribution in [1.29, 1.82) is 0 Å². The van der Waals surface area contributed by atoms with Gasteiger partial charge in [-0.15, -0.1) is 0 Å². The Morgan fingerprint density at radius 1 is 1.24 bits per heavy atom. The van der Waals surface area contributed by atoms with Gasteiger partial charge in [-0.3, -0.25) is 19.8 Å². The fourth-order valence-electron chi connectivity index (χ4n) is 2.64. The molecule has 3 rings (SSSR count). The molecule has 4 amide bonds. The molecular formula is C14H13ClN2O3S. The molecule has 2 fully saturated rings. The molecule has 0 spiro atoms. The molecule has 2 unspecified atom stereocenters. The molecule has 2 aliphatic heterocycles. The quantitative estimate of drug-likeness (QED) is 0.845. The molecule has 110 valence electrons. The normalized spacial score (nSPS) is 26.1. The molecule has 2 atom stereocenters. The second kappa shape index (κ2) is 5.69. The van der Waals surface area contributed by atoms with Crippen molar-refractivity contribution >= 4 is 41.2 Å². The summed E-state index contributed by atoms with van der Waals surface area (Å²) >= 11 is 7.79. The number of hydrogen-bond acceptors (Lipinski definition) is 4. The van der Waals surface area contributed by atoms with Crippen molar-refractivity contribution in [3.8, 4) is 0 Å². The van der Waals surface area contributed by atoms with Crippen molar-refractivity contribution < 1.29 is 14.4 Å². The maximum atomic E-state index is 12.7. The third kappa shape index (κ3) is 2.53. The SMILES string of the molecule is O=C1NC(=O)N(C2CCSC2)C(=O)C1c1ccccc1Cl. The lowest BCUT2D eigenvalue weighted by molar-refractivity contribution is -0.139. The Hall–Kier alpha value is -1.53. The van der Waals surface area contributed by atoms with E-state index < -0.39 is 23.8 Å². The van der Waals surface area contributed by atoms with E-state index in [-0.39, 0.29) is 6.04 Å². The van der Waals surface area contributed by atoms with Crippen LogP contribution in [0.3, 0.4) is 0 Å². The summed E-state index contributed by atoms with van der Waals surface area (Å²) in [5.41, 5.74) is 0.435. The van der Waals surface area contributed by atoms with Gasteiger partial charge in [0.05, 0.1) is 6.04 Å². The van der Waals surface area contributed by atoms with Crippen molar-refractivity contribution in [2.45, 2.75) is 18.4 Å². The van der Waals surface area contributed by atoms with Crippen molar-refractivity contribution in [3.63, 3.8) is 0 Å². The minimum Gasteiger partial charge on any atom is -0.277 e. The van der Waals surface area contributed by atoms with Crippen LogP contribution >= 0.6 is 23.4 Å². The number of amides is 4. The molecule has 0 aliphatic carbocycles. The Kier molecular flexibility index (Phi) is 3.91. The van der Waals surface area contributed by atoms with Gasteiger partial charge in [0.2, 0.25) is 11.8 Å². The maximum Gasteiger partial charge on any atom is 0.331 e. The molecule has 5 nitrogen and oxygen atoms in total. The fourth-order valence-corrected chi connectivity index (χ4v) is 4.08. The average Bonchev–Trinajstić information content (AvgIpc) is 2.94. The van der Waals surface area contributed by atoms with Crippen LogP contribution in [-0.4, -0.2) is 40.3 Å². The predicted molar refractivity (Wildman–Crippen MR) is 80.3 cm³/mol. The van der Waals surface area contributed by atoms with Crippen LogP contribution in [0.15, 0.2) is 24.3 Å². The molecule has 2 saturated heterocycles. The monoisotopic (exact) mass is 324 g/mol. The molecule has 2 aliphatic rings. The molecule has 2 heterocycles. The van der Waals surface area contributed by atoms with E-state index in [1.165, 1.54) is 4.90 Å². The summed E-state index contributed by atoms with van der Waals surface area (Å²) in [7, 11) is 0. The molecule has 21 heavy (non-hydrogen) atoms. The van der Waals surface area contributed by atoms with Crippen LogP contribution in [0.4, 0.5) is 4.79 Å². The summed E-state index contributed by atoms with van der Waals surface area (Å²) in [5.74, 6) is -0.527. The van der Waals surface area contributed by atoms with Gasteiger partial charge in [-0.2, -0.15) is 11.8 Å². The number of nitrogens with zero attached hydrogens (tertiary/aromatic N) is 1. The first-order valence-corrected chi connectivity index (χ1v) is 8.13. The van der Waals surface area contributed by atoms with E-state index in [0.29, 0.717) is 16.3 Å². The number of barbiturate groups is 1. The maximum absolute atomic E-state index is 12.7. The van der Waals surface area contributed by atoms with E-state index in [1.807, 2.05) is 0 Å². The summed E-state index contributed by atoms with van der Waals surface area (Å²) in [5, 5.41) is 2.62. The minimum absolute atomic E-state index is 0.152. The highest BCUT2D eigenvalue weighted by Crippen LogP contribution is 2.32. The number of urea groups is 1. The van der Waals surface area contributed by atoms with Crippen molar-refractivity contribution in [3.05, 3.63) is 34.9 Å². The van der Waals surface area contributed by atoms with E-state index in [1.54, 1.807) is 36.0 Å². The lowest BCUT2D eigenvalue weighted by atomic mass is 9.94. The highest BCUT2D eigenvalue weighted by atomic mass is 35.5. The van der Waals surface area contributed by atoms with Crippen molar-refractivity contribution in [1.82, 2.24) is 10.2 Å². The van der Waals surface area contributed by atoms with Crippen LogP contribution in [0.2, 0.25) is 5.02 Å². The Morgan fingerprint density at radius 2 is 2.00 bits per heavy atom. The van der Waals surface area contributed by atoms with E-state index >= 15 is 0 Å². The number of halogens is 1. The lowest BCUT2D eigenvalue weighted by Gasteiger charge is -2.34. The molecular weight excluding hydrogens is 312 g/mol. The molecule has 1 N–H and O–H groups in total. The van der Waals surface area contributed by atoms with Gasteiger partial charge in [-0.05, 0) is 23.8 Å². The number of hydrogen-bond donors (Lipinski definition) is 1. The van der Waals surface area contributed by atoms with Gasteiger partial charge in [-0.1, -0.05) is 29.8 Å². The molecule has 0 radical (unpaired) electrons. The smallest absolute Gasteiger partial charge is 0.277 e. The zero-order valence-corrected chi connectivity index (χ0v) is 12.6. The van der Waals surface area contributed by atoms with Crippen LogP contribution in [0.5, 0.6) is 0 Å². The number of thioether (sulfide) groups is 1. The first kappa shape index (κ1) is 14.4. The van der Waals surface area contributed by atoms with Crippen LogP contribution in [0.25, 0.3) is 0 Å². The highest BCUT2D eigenvalue weighted by molar-refractivity contribution is 7.99. The van der Waals surface area contributed by atoms with Gasteiger partial charge in [0.25, 0.3) is 0 Å². The number of nitrogens with one attached hydrogen (secondary N) is 1. The Labute approximate surface area is 131 Å². The lowest BCUT2D eigenvalue weighted by Crippen LogP contribution is -2.60. The first-order chi connectivity index (χ1) is 10.1. The van der Waals surface area contributed by atoms with Gasteiger partial charge in [-0.25, -0.2) is 4.79 Å². The minimum atomic E-state index is -1.05. The molecule has 1 aromatic rings. The van der Waals surface area contributed by atoms with Gasteiger partial charge in [0.1, 0.15) is 5.92 Å². The van der Waals surface area contributed by atoms with Crippen LogP contribution in [0.1, 0.15) is 17.9 Å². The van der Waals surface area contributed by atoms with E-state index in [9.17, 15) is 14.4 Å². The zero-order valence-electron chi connectivity index (χ0n) is 11.0. The third-order valence-electron chi connectivity index (χ3n) is 3.68. The highest BCUT2D eigenvalue weighted by Gasteiger charge is 2.45. The zero-order chi connectivity index (χ0) is 15.0. The van der Waals surface area contributed by atoms with Crippen LogP contribution in [0, 0.1) is 0 Å². The second-order valence-corrected chi connectivity index (χ2v) is 6.53. The fraction of sp³-hybridized carbons (Fsp3) is 0.357. The van der Waals surface area contributed by atoms with E-state index in [4.69, 9.17) is 11.6 Å². The van der Waals surface area contributed by atoms with Gasteiger partial charge >= 0.3 is 6.03 Å². The number of rotatable bonds is 2. The Morgan fingerprint density at radius 3 is 2.67 bits per heavy atom. The summed E-state index contributed by atoms with van der Waals surface area (Å²) in [6.07, 6.45) is 0.757. The third-order valence-corrected chi connectivity index (χ3v) is 5.17. The predicted octanol–water partition coefficient (Wildman–Crippen LogP) is 2.01. The topological polar surface area (TPSA) is 66.5 Å².